The van der Waals surface area contributed by atoms with Crippen molar-refractivity contribution in [2.75, 3.05) is 0 Å². The summed E-state index contributed by atoms with van der Waals surface area (Å²) in [6.07, 6.45) is 4.28. The number of benzene rings is 1. The third-order valence-corrected chi connectivity index (χ3v) is 4.71. The molecule has 0 radical (unpaired) electrons. The largest absolute Gasteiger partial charge is 0.387 e. The van der Waals surface area contributed by atoms with Gasteiger partial charge in [-0.3, -0.25) is 0 Å². The van der Waals surface area contributed by atoms with Crippen LogP contribution < -0.4 is 0 Å². The van der Waals surface area contributed by atoms with Crippen molar-refractivity contribution >= 4 is 0 Å². The van der Waals surface area contributed by atoms with Gasteiger partial charge in [0.2, 0.25) is 0 Å². The highest BCUT2D eigenvalue weighted by Gasteiger charge is 2.42. The number of rotatable bonds is 3. The van der Waals surface area contributed by atoms with Gasteiger partial charge in [-0.15, -0.1) is 0 Å². The molecule has 0 aromatic heterocycles. The minimum atomic E-state index is -0.657. The van der Waals surface area contributed by atoms with Crippen LogP contribution in [0.25, 0.3) is 0 Å². The molecule has 1 atom stereocenters. The van der Waals surface area contributed by atoms with Crippen molar-refractivity contribution in [1.82, 2.24) is 0 Å². The number of aliphatic hydroxyl groups is 1. The van der Waals surface area contributed by atoms with Crippen molar-refractivity contribution in [3.05, 3.63) is 35.4 Å². The first-order chi connectivity index (χ1) is 9.11. The normalized spacial score (nSPS) is 28.6. The Hall–Kier alpha value is -1.33. The van der Waals surface area contributed by atoms with Crippen molar-refractivity contribution in [2.45, 2.75) is 52.1 Å². The van der Waals surface area contributed by atoms with Crippen LogP contribution in [0.4, 0.5) is 0 Å². The summed E-state index contributed by atoms with van der Waals surface area (Å²) in [6, 6.07) is 10.3. The van der Waals surface area contributed by atoms with Crippen LogP contribution >= 0.6 is 0 Å². The van der Waals surface area contributed by atoms with Gasteiger partial charge in [-0.2, -0.15) is 5.26 Å². The molecule has 1 N–H and O–H groups in total. The molecule has 1 unspecified atom stereocenters. The van der Waals surface area contributed by atoms with Crippen LogP contribution in [0.2, 0.25) is 0 Å². The minimum absolute atomic E-state index is 0.582. The summed E-state index contributed by atoms with van der Waals surface area (Å²) in [5.41, 5.74) is 1.47. The fourth-order valence-corrected chi connectivity index (χ4v) is 3.12. The van der Waals surface area contributed by atoms with Crippen molar-refractivity contribution in [2.24, 2.45) is 11.3 Å². The molecule has 2 nitrogen and oxygen atoms in total. The highest BCUT2D eigenvalue weighted by molar-refractivity contribution is 5.26. The first kappa shape index (κ1) is 14.1. The molecule has 2 rings (SSSR count). The minimum Gasteiger partial charge on any atom is -0.387 e. The molecule has 1 aromatic carbocycles. The van der Waals surface area contributed by atoms with Crippen LogP contribution in [-0.4, -0.2) is 5.11 Å². The summed E-state index contributed by atoms with van der Waals surface area (Å²) in [6.45, 7) is 4.24. The standard InChI is InChI=1S/C17H23NO/c1-3-14-8-10-17(12-18,11-9-14)16(19)15-6-4-13(2)5-7-15/h4-7,14,16,19H,3,8-11H2,1-2H3. The lowest BCUT2D eigenvalue weighted by atomic mass is 9.66. The van der Waals surface area contributed by atoms with Gasteiger partial charge in [0.1, 0.15) is 0 Å². The molecule has 0 spiro atoms. The Morgan fingerprint density at radius 1 is 1.32 bits per heavy atom. The number of nitriles is 1. The van der Waals surface area contributed by atoms with Gasteiger partial charge in [0.05, 0.1) is 17.6 Å². The maximum Gasteiger partial charge on any atom is 0.0976 e. The Morgan fingerprint density at radius 3 is 2.37 bits per heavy atom. The maximum absolute atomic E-state index is 10.6. The molecule has 102 valence electrons. The molecular weight excluding hydrogens is 234 g/mol. The van der Waals surface area contributed by atoms with Gasteiger partial charge in [0.25, 0.3) is 0 Å². The monoisotopic (exact) mass is 257 g/mol. The first-order valence-electron chi connectivity index (χ1n) is 7.27. The molecule has 0 saturated heterocycles. The lowest BCUT2D eigenvalue weighted by Crippen LogP contribution is -2.32. The van der Waals surface area contributed by atoms with E-state index in [1.165, 1.54) is 12.0 Å². The Labute approximate surface area is 116 Å². The number of aryl methyl sites for hydroxylation is 1. The second-order valence-electron chi connectivity index (χ2n) is 5.93. The van der Waals surface area contributed by atoms with Gasteiger partial charge in [0.15, 0.2) is 0 Å². The SMILES string of the molecule is CCC1CCC(C#N)(C(O)c2ccc(C)cc2)CC1. The molecule has 0 bridgehead atoms. The van der Waals surface area contributed by atoms with Crippen LogP contribution in [0.1, 0.15) is 56.3 Å². The number of nitrogens with zero attached hydrogens (tertiary/aromatic N) is 1. The zero-order chi connectivity index (χ0) is 13.9. The smallest absolute Gasteiger partial charge is 0.0976 e. The number of aliphatic hydroxyl groups excluding tert-OH is 1. The second-order valence-corrected chi connectivity index (χ2v) is 5.93. The van der Waals surface area contributed by atoms with E-state index >= 15 is 0 Å². The zero-order valence-corrected chi connectivity index (χ0v) is 11.9. The zero-order valence-electron chi connectivity index (χ0n) is 11.9. The highest BCUT2D eigenvalue weighted by atomic mass is 16.3. The van der Waals surface area contributed by atoms with Gasteiger partial charge < -0.3 is 5.11 Å². The van der Waals surface area contributed by atoms with Gasteiger partial charge in [-0.05, 0) is 44.1 Å². The lowest BCUT2D eigenvalue weighted by Gasteiger charge is -2.38. The van der Waals surface area contributed by atoms with E-state index in [1.807, 2.05) is 31.2 Å². The Morgan fingerprint density at radius 2 is 1.89 bits per heavy atom. The summed E-state index contributed by atoms with van der Waals surface area (Å²) in [5, 5.41) is 20.2. The van der Waals surface area contributed by atoms with Crippen LogP contribution in [0.5, 0.6) is 0 Å². The van der Waals surface area contributed by atoms with E-state index in [9.17, 15) is 10.4 Å². The molecular formula is C17H23NO. The predicted octanol–water partition coefficient (Wildman–Crippen LogP) is 4.14. The summed E-state index contributed by atoms with van der Waals surface area (Å²) in [7, 11) is 0. The molecule has 1 aromatic rings. The Bertz CT molecular complexity index is 449. The summed E-state index contributed by atoms with van der Waals surface area (Å²) >= 11 is 0. The lowest BCUT2D eigenvalue weighted by molar-refractivity contribution is 0.0243. The Balaban J connectivity index is 2.18. The fraction of sp³-hybridized carbons (Fsp3) is 0.588. The highest BCUT2D eigenvalue weighted by Crippen LogP contribution is 2.47. The van der Waals surface area contributed by atoms with Gasteiger partial charge in [0, 0.05) is 0 Å². The average molecular weight is 257 g/mol. The van der Waals surface area contributed by atoms with Crippen LogP contribution in [0.3, 0.4) is 0 Å². The van der Waals surface area contributed by atoms with Crippen molar-refractivity contribution in [3.8, 4) is 6.07 Å². The Kier molecular flexibility index (Phi) is 4.27. The third-order valence-electron chi connectivity index (χ3n) is 4.71. The van der Waals surface area contributed by atoms with Gasteiger partial charge in [-0.25, -0.2) is 0 Å². The molecule has 1 aliphatic carbocycles. The van der Waals surface area contributed by atoms with E-state index in [4.69, 9.17) is 0 Å². The average Bonchev–Trinajstić information content (AvgIpc) is 2.47. The van der Waals surface area contributed by atoms with E-state index in [0.29, 0.717) is 0 Å². The molecule has 19 heavy (non-hydrogen) atoms. The number of hydrogen-bond acceptors (Lipinski definition) is 2. The number of hydrogen-bond donors (Lipinski definition) is 1. The van der Waals surface area contributed by atoms with Gasteiger partial charge >= 0.3 is 0 Å². The van der Waals surface area contributed by atoms with E-state index in [1.54, 1.807) is 0 Å². The molecule has 1 fully saturated rings. The molecule has 0 aliphatic heterocycles. The second kappa shape index (κ2) is 5.75. The van der Waals surface area contributed by atoms with Gasteiger partial charge in [-0.1, -0.05) is 43.2 Å². The first-order valence-corrected chi connectivity index (χ1v) is 7.27. The quantitative estimate of drug-likeness (QED) is 0.884. The molecule has 1 aliphatic rings. The van der Waals surface area contributed by atoms with E-state index in [-0.39, 0.29) is 0 Å². The molecule has 2 heteroatoms. The van der Waals surface area contributed by atoms with Crippen LogP contribution in [0.15, 0.2) is 24.3 Å². The van der Waals surface area contributed by atoms with Crippen molar-refractivity contribution in [3.63, 3.8) is 0 Å². The summed E-state index contributed by atoms with van der Waals surface area (Å²) < 4.78 is 0. The molecule has 0 amide bonds. The van der Waals surface area contributed by atoms with E-state index in [2.05, 4.69) is 13.0 Å². The molecule has 1 saturated carbocycles. The summed E-state index contributed by atoms with van der Waals surface area (Å²) in [5.74, 6) is 0.728. The van der Waals surface area contributed by atoms with E-state index < -0.39 is 11.5 Å². The topological polar surface area (TPSA) is 44.0 Å². The van der Waals surface area contributed by atoms with Crippen molar-refractivity contribution < 1.29 is 5.11 Å². The predicted molar refractivity (Wildman–Crippen MR) is 76.4 cm³/mol. The third kappa shape index (κ3) is 2.82. The maximum atomic E-state index is 10.6. The van der Waals surface area contributed by atoms with Crippen LogP contribution in [0, 0.1) is 29.6 Å². The van der Waals surface area contributed by atoms with Crippen LogP contribution in [-0.2, 0) is 0 Å². The van der Waals surface area contributed by atoms with E-state index in [0.717, 1.165) is 37.2 Å². The molecule has 0 heterocycles. The fourth-order valence-electron chi connectivity index (χ4n) is 3.12. The van der Waals surface area contributed by atoms with Crippen molar-refractivity contribution in [1.29, 1.82) is 5.26 Å². The summed E-state index contributed by atoms with van der Waals surface area (Å²) in [4.78, 5) is 0.